The topological polar surface area (TPSA) is 32.7 Å². The van der Waals surface area contributed by atoms with Crippen molar-refractivity contribution < 1.29 is 14.2 Å². The number of morpholine rings is 1. The van der Waals surface area contributed by atoms with Crippen molar-refractivity contribution in [2.24, 2.45) is 0 Å². The zero-order valence-corrected chi connectivity index (χ0v) is 11.6. The quantitative estimate of drug-likeness (QED) is 0.908. The van der Waals surface area contributed by atoms with Crippen molar-refractivity contribution in [3.63, 3.8) is 0 Å². The van der Waals surface area contributed by atoms with Gasteiger partial charge in [-0.3, -0.25) is 4.90 Å². The van der Waals surface area contributed by atoms with E-state index >= 15 is 0 Å². The number of aliphatic hydroxyl groups is 1. The third kappa shape index (κ3) is 3.53. The Morgan fingerprint density at radius 1 is 1.53 bits per heavy atom. The lowest BCUT2D eigenvalue weighted by molar-refractivity contribution is -0.0907. The van der Waals surface area contributed by atoms with E-state index in [1.165, 1.54) is 6.07 Å². The molecule has 2 unspecified atom stereocenters. The monoisotopic (exact) mass is 267 g/mol. The Labute approximate surface area is 114 Å². The fourth-order valence-electron chi connectivity index (χ4n) is 2.53. The standard InChI is InChI=1S/C15H22FNO2/c1-3-6-17-7-8-19-14(10-17)15(18)12-9-11(2)4-5-13(12)16/h4-5,9,14-15,18H,3,6-8,10H2,1-2H3. The number of halogens is 1. The van der Waals surface area contributed by atoms with Gasteiger partial charge in [0.05, 0.1) is 6.61 Å². The summed E-state index contributed by atoms with van der Waals surface area (Å²) >= 11 is 0. The average molecular weight is 267 g/mol. The summed E-state index contributed by atoms with van der Waals surface area (Å²) < 4.78 is 19.4. The zero-order valence-electron chi connectivity index (χ0n) is 11.6. The minimum atomic E-state index is -0.903. The van der Waals surface area contributed by atoms with E-state index < -0.39 is 6.10 Å². The summed E-state index contributed by atoms with van der Waals surface area (Å²) in [6.07, 6.45) is -0.183. The number of aryl methyl sites for hydroxylation is 1. The molecule has 0 aromatic heterocycles. The Bertz CT molecular complexity index is 423. The van der Waals surface area contributed by atoms with Crippen LogP contribution >= 0.6 is 0 Å². The fourth-order valence-corrected chi connectivity index (χ4v) is 2.53. The molecule has 1 aromatic carbocycles. The van der Waals surface area contributed by atoms with E-state index in [1.807, 2.05) is 6.92 Å². The van der Waals surface area contributed by atoms with Gasteiger partial charge in [-0.2, -0.15) is 0 Å². The van der Waals surface area contributed by atoms with Crippen LogP contribution in [0.3, 0.4) is 0 Å². The molecule has 2 atom stereocenters. The van der Waals surface area contributed by atoms with Crippen LogP contribution in [0.25, 0.3) is 0 Å². The fraction of sp³-hybridized carbons (Fsp3) is 0.600. The minimum Gasteiger partial charge on any atom is -0.386 e. The number of benzene rings is 1. The summed E-state index contributed by atoms with van der Waals surface area (Å²) in [5.74, 6) is -0.366. The highest BCUT2D eigenvalue weighted by Crippen LogP contribution is 2.25. The molecule has 0 radical (unpaired) electrons. The van der Waals surface area contributed by atoms with Crippen molar-refractivity contribution in [1.82, 2.24) is 4.90 Å². The van der Waals surface area contributed by atoms with Crippen LogP contribution < -0.4 is 0 Å². The molecular formula is C15H22FNO2. The van der Waals surface area contributed by atoms with E-state index in [4.69, 9.17) is 4.74 Å². The predicted molar refractivity (Wildman–Crippen MR) is 72.6 cm³/mol. The van der Waals surface area contributed by atoms with Gasteiger partial charge in [-0.05, 0) is 26.0 Å². The summed E-state index contributed by atoms with van der Waals surface area (Å²) in [6.45, 7) is 7.13. The Morgan fingerprint density at radius 3 is 3.05 bits per heavy atom. The predicted octanol–water partition coefficient (Wildman–Crippen LogP) is 2.28. The molecule has 2 rings (SSSR count). The first-order chi connectivity index (χ1) is 9.11. The Hall–Kier alpha value is -0.970. The molecule has 3 nitrogen and oxygen atoms in total. The van der Waals surface area contributed by atoms with E-state index in [9.17, 15) is 9.50 Å². The highest BCUT2D eigenvalue weighted by atomic mass is 19.1. The van der Waals surface area contributed by atoms with Crippen molar-refractivity contribution in [3.8, 4) is 0 Å². The molecule has 0 aliphatic carbocycles. The van der Waals surface area contributed by atoms with Gasteiger partial charge in [-0.25, -0.2) is 4.39 Å². The van der Waals surface area contributed by atoms with Crippen molar-refractivity contribution in [2.75, 3.05) is 26.2 Å². The smallest absolute Gasteiger partial charge is 0.129 e. The van der Waals surface area contributed by atoms with E-state index in [-0.39, 0.29) is 11.9 Å². The molecule has 106 valence electrons. The van der Waals surface area contributed by atoms with Crippen LogP contribution in [-0.4, -0.2) is 42.4 Å². The molecule has 0 spiro atoms. The van der Waals surface area contributed by atoms with Gasteiger partial charge in [0.15, 0.2) is 0 Å². The summed E-state index contributed by atoms with van der Waals surface area (Å²) in [5, 5.41) is 10.3. The lowest BCUT2D eigenvalue weighted by Gasteiger charge is -2.35. The number of ether oxygens (including phenoxy) is 1. The van der Waals surface area contributed by atoms with Gasteiger partial charge in [0.2, 0.25) is 0 Å². The van der Waals surface area contributed by atoms with Crippen LogP contribution in [-0.2, 0) is 4.74 Å². The molecule has 1 saturated heterocycles. The third-order valence-corrected chi connectivity index (χ3v) is 3.54. The summed E-state index contributed by atoms with van der Waals surface area (Å²) in [7, 11) is 0. The lowest BCUT2D eigenvalue weighted by Crippen LogP contribution is -2.45. The van der Waals surface area contributed by atoms with Gasteiger partial charge >= 0.3 is 0 Å². The molecule has 1 aromatic rings. The normalized spacial score (nSPS) is 22.4. The van der Waals surface area contributed by atoms with Crippen LogP contribution in [0.15, 0.2) is 18.2 Å². The Balaban J connectivity index is 2.10. The van der Waals surface area contributed by atoms with Crippen LogP contribution in [0.4, 0.5) is 4.39 Å². The largest absolute Gasteiger partial charge is 0.386 e. The molecular weight excluding hydrogens is 245 g/mol. The van der Waals surface area contributed by atoms with Crippen LogP contribution in [0, 0.1) is 12.7 Å². The van der Waals surface area contributed by atoms with Gasteiger partial charge in [0.1, 0.15) is 18.0 Å². The molecule has 1 N–H and O–H groups in total. The molecule has 1 fully saturated rings. The Kier molecular flexibility index (Phi) is 4.91. The van der Waals surface area contributed by atoms with E-state index in [0.717, 1.165) is 25.1 Å². The molecule has 0 bridgehead atoms. The first-order valence-electron chi connectivity index (χ1n) is 6.90. The number of rotatable bonds is 4. The first-order valence-corrected chi connectivity index (χ1v) is 6.90. The summed E-state index contributed by atoms with van der Waals surface area (Å²) in [6, 6.07) is 4.80. The van der Waals surface area contributed by atoms with Gasteiger partial charge in [-0.15, -0.1) is 0 Å². The molecule has 1 heterocycles. The molecule has 1 aliphatic heterocycles. The maximum atomic E-state index is 13.8. The minimum absolute atomic E-state index is 0.336. The number of hydrogen-bond donors (Lipinski definition) is 1. The SMILES string of the molecule is CCCN1CCOC(C(O)c2cc(C)ccc2F)C1. The Morgan fingerprint density at radius 2 is 2.32 bits per heavy atom. The van der Waals surface area contributed by atoms with Gasteiger partial charge in [0, 0.05) is 18.7 Å². The van der Waals surface area contributed by atoms with E-state index in [1.54, 1.807) is 12.1 Å². The van der Waals surface area contributed by atoms with Crippen molar-refractivity contribution in [3.05, 3.63) is 35.1 Å². The second-order valence-corrected chi connectivity index (χ2v) is 5.18. The van der Waals surface area contributed by atoms with Crippen molar-refractivity contribution in [1.29, 1.82) is 0 Å². The maximum Gasteiger partial charge on any atom is 0.129 e. The van der Waals surface area contributed by atoms with Gasteiger partial charge < -0.3 is 9.84 Å². The second kappa shape index (κ2) is 6.46. The first kappa shape index (κ1) is 14.4. The van der Waals surface area contributed by atoms with Crippen LogP contribution in [0.2, 0.25) is 0 Å². The second-order valence-electron chi connectivity index (χ2n) is 5.18. The number of nitrogens with zero attached hydrogens (tertiary/aromatic N) is 1. The highest BCUT2D eigenvalue weighted by molar-refractivity contribution is 5.26. The third-order valence-electron chi connectivity index (χ3n) is 3.54. The molecule has 4 heteroatoms. The van der Waals surface area contributed by atoms with Gasteiger partial charge in [-0.1, -0.05) is 24.6 Å². The van der Waals surface area contributed by atoms with Crippen LogP contribution in [0.1, 0.15) is 30.6 Å². The summed E-state index contributed by atoms with van der Waals surface area (Å²) in [4.78, 5) is 2.26. The average Bonchev–Trinajstić information content (AvgIpc) is 2.41. The molecule has 19 heavy (non-hydrogen) atoms. The molecule has 0 saturated carbocycles. The van der Waals surface area contributed by atoms with E-state index in [2.05, 4.69) is 11.8 Å². The van der Waals surface area contributed by atoms with Crippen molar-refractivity contribution in [2.45, 2.75) is 32.5 Å². The van der Waals surface area contributed by atoms with E-state index in [0.29, 0.717) is 18.7 Å². The van der Waals surface area contributed by atoms with Gasteiger partial charge in [0.25, 0.3) is 0 Å². The maximum absolute atomic E-state index is 13.8. The zero-order chi connectivity index (χ0) is 13.8. The molecule has 1 aliphatic rings. The van der Waals surface area contributed by atoms with Crippen molar-refractivity contribution >= 4 is 0 Å². The summed E-state index contributed by atoms with van der Waals surface area (Å²) in [5.41, 5.74) is 1.28. The number of aliphatic hydroxyl groups excluding tert-OH is 1. The molecule has 0 amide bonds. The highest BCUT2D eigenvalue weighted by Gasteiger charge is 2.29. The number of hydrogen-bond acceptors (Lipinski definition) is 3. The van der Waals surface area contributed by atoms with Crippen LogP contribution in [0.5, 0.6) is 0 Å². The lowest BCUT2D eigenvalue weighted by atomic mass is 10.0.